The van der Waals surface area contributed by atoms with E-state index in [1.807, 2.05) is 24.3 Å². The maximum Gasteiger partial charge on any atom is 0.243 e. The van der Waals surface area contributed by atoms with Gasteiger partial charge < -0.3 is 36.8 Å². The van der Waals surface area contributed by atoms with Gasteiger partial charge in [-0.1, -0.05) is 66.2 Å². The number of rotatable bonds is 7. The number of hydrogen-bond acceptors (Lipinski definition) is 9. The third-order valence-electron chi connectivity index (χ3n) is 10.2. The van der Waals surface area contributed by atoms with Crippen LogP contribution in [-0.2, 0) is 55.1 Å². The van der Waals surface area contributed by atoms with Gasteiger partial charge in [-0.05, 0) is 71.1 Å². The van der Waals surface area contributed by atoms with Gasteiger partial charge in [0.25, 0.3) is 0 Å². The number of anilines is 2. The third-order valence-corrected chi connectivity index (χ3v) is 11.9. The fraction of sp³-hybridized carbons (Fsp3) is 0.333. The van der Waals surface area contributed by atoms with Crippen molar-refractivity contribution in [2.75, 3.05) is 49.9 Å². The fourth-order valence-electron chi connectivity index (χ4n) is 6.79. The van der Waals surface area contributed by atoms with Gasteiger partial charge in [-0.15, -0.1) is 0 Å². The Morgan fingerprint density at radius 1 is 0.724 bits per heavy atom. The zero-order valence-electron chi connectivity index (χ0n) is 32.1. The Morgan fingerprint density at radius 2 is 1.26 bits per heavy atom. The van der Waals surface area contributed by atoms with Gasteiger partial charge in [-0.3, -0.25) is 19.2 Å². The van der Waals surface area contributed by atoms with Crippen LogP contribution in [0.1, 0.15) is 35.1 Å². The highest BCUT2D eigenvalue weighted by atomic mass is 35.5. The predicted molar refractivity (Wildman–Crippen MR) is 223 cm³/mol. The highest BCUT2D eigenvalue weighted by Crippen LogP contribution is 2.19. The highest BCUT2D eigenvalue weighted by Gasteiger charge is 2.30. The lowest BCUT2D eigenvalue weighted by molar-refractivity contribution is -0.129. The van der Waals surface area contributed by atoms with Gasteiger partial charge >= 0.3 is 0 Å². The number of benzene rings is 4. The second kappa shape index (κ2) is 20.0. The summed E-state index contributed by atoms with van der Waals surface area (Å²) in [6.45, 7) is 4.94. The van der Waals surface area contributed by atoms with Crippen molar-refractivity contribution in [3.63, 3.8) is 0 Å². The molecule has 9 rings (SSSR count). The van der Waals surface area contributed by atoms with Crippen LogP contribution in [0.5, 0.6) is 0 Å². The number of piperazine rings is 1. The van der Waals surface area contributed by atoms with Crippen LogP contribution in [0.15, 0.2) is 102 Å². The Balaban J connectivity index is 1.28. The maximum atomic E-state index is 14.2. The van der Waals surface area contributed by atoms with E-state index in [2.05, 4.69) is 35.8 Å². The number of carbonyl (C=O) groups is 4. The lowest BCUT2D eigenvalue weighted by atomic mass is 10.0. The molecule has 1 fully saturated rings. The zero-order valence-corrected chi connectivity index (χ0v) is 33.7. The van der Waals surface area contributed by atoms with Gasteiger partial charge in [0.15, 0.2) is 0 Å². The molecule has 5 aliphatic rings. The van der Waals surface area contributed by atoms with Crippen molar-refractivity contribution in [3.05, 3.63) is 124 Å². The Morgan fingerprint density at radius 3 is 1.79 bits per heavy atom. The van der Waals surface area contributed by atoms with Crippen LogP contribution in [0.2, 0.25) is 5.02 Å². The van der Waals surface area contributed by atoms with E-state index in [0.717, 1.165) is 37.3 Å². The summed E-state index contributed by atoms with van der Waals surface area (Å²) in [6.07, 6.45) is 0.592. The number of sulfonamides is 1. The van der Waals surface area contributed by atoms with Crippen molar-refractivity contribution in [2.24, 2.45) is 5.73 Å². The van der Waals surface area contributed by atoms with Crippen molar-refractivity contribution in [2.45, 2.75) is 55.8 Å². The van der Waals surface area contributed by atoms with Crippen molar-refractivity contribution < 1.29 is 27.6 Å². The molecule has 2 atom stereocenters. The van der Waals surface area contributed by atoms with E-state index in [9.17, 15) is 27.6 Å². The van der Waals surface area contributed by atoms with Crippen LogP contribution < -0.4 is 31.7 Å². The number of amides is 4. The predicted octanol–water partition coefficient (Wildman–Crippen LogP) is 3.02. The molecule has 0 radical (unpaired) electrons. The van der Waals surface area contributed by atoms with E-state index in [4.69, 9.17) is 17.3 Å². The first kappa shape index (κ1) is 42.4. The molecule has 6 bridgehead atoms. The monoisotopic (exact) mass is 828 g/mol. The summed E-state index contributed by atoms with van der Waals surface area (Å²) in [5.41, 5.74) is 9.94. The Kier molecular flexibility index (Phi) is 14.6. The van der Waals surface area contributed by atoms with E-state index < -0.39 is 33.9 Å². The molecule has 4 aromatic rings. The number of fused-ring (bicyclic) bond motifs is 3. The van der Waals surface area contributed by atoms with Crippen LogP contribution in [0.25, 0.3) is 0 Å². The Bertz CT molecular complexity index is 2160. The van der Waals surface area contributed by atoms with Crippen molar-refractivity contribution >= 4 is 56.6 Å². The minimum atomic E-state index is -4.27. The molecule has 4 amide bonds. The normalized spacial score (nSPS) is 21.2. The van der Waals surface area contributed by atoms with Gasteiger partial charge in [0.2, 0.25) is 33.7 Å². The summed E-state index contributed by atoms with van der Waals surface area (Å²) in [4.78, 5) is 58.2. The number of nitrogens with zero attached hydrogens (tertiary/aromatic N) is 2. The summed E-state index contributed by atoms with van der Waals surface area (Å²) in [6, 6.07) is 24.5. The number of halogens is 1. The smallest absolute Gasteiger partial charge is 0.243 e. The molecule has 0 spiro atoms. The molecule has 16 heteroatoms. The van der Waals surface area contributed by atoms with Crippen molar-refractivity contribution in [3.8, 4) is 0 Å². The lowest BCUT2D eigenvalue weighted by Crippen LogP contribution is -2.55. The van der Waals surface area contributed by atoms with Crippen LogP contribution in [-0.4, -0.2) is 93.2 Å². The average Bonchev–Trinajstić information content (AvgIpc) is 3.22. The molecule has 306 valence electrons. The van der Waals surface area contributed by atoms with Crippen LogP contribution in [0.3, 0.4) is 0 Å². The zero-order chi connectivity index (χ0) is 41.1. The van der Waals surface area contributed by atoms with E-state index in [1.54, 1.807) is 54.6 Å². The summed E-state index contributed by atoms with van der Waals surface area (Å²) >= 11 is 6.13. The number of hydrogen-bond donors (Lipinski definition) is 6. The molecule has 7 N–H and O–H groups in total. The summed E-state index contributed by atoms with van der Waals surface area (Å²) in [7, 11) is -4.27. The van der Waals surface area contributed by atoms with E-state index in [-0.39, 0.29) is 41.1 Å². The van der Waals surface area contributed by atoms with Gasteiger partial charge in [0.05, 0.1) is 4.90 Å². The second-order valence-corrected chi connectivity index (χ2v) is 16.7. The molecule has 4 aromatic carbocycles. The first-order valence-electron chi connectivity index (χ1n) is 19.3. The lowest BCUT2D eigenvalue weighted by Gasteiger charge is -2.34. The molecule has 58 heavy (non-hydrogen) atoms. The van der Waals surface area contributed by atoms with E-state index in [0.29, 0.717) is 55.0 Å². The SMILES string of the molecule is NCc1ccc(CNC(=O)[C@@H]2Cc3ccc(cc3)NC(=O)CCN3CCN(CCC(=O)Nc4ccc(cc4)C[C@@H](NS(=O)(=O)c4cccc(Cl)c4)C(=O)N2)CC3)cc1. The number of nitrogens with one attached hydrogen (secondary N) is 5. The fourth-order valence-corrected chi connectivity index (χ4v) is 8.28. The van der Waals surface area contributed by atoms with Crippen LogP contribution >= 0.6 is 11.6 Å². The molecule has 0 unspecified atom stereocenters. The highest BCUT2D eigenvalue weighted by molar-refractivity contribution is 7.89. The Hall–Kier alpha value is -5.16. The number of nitrogens with two attached hydrogens (primary N) is 1. The average molecular weight is 829 g/mol. The van der Waals surface area contributed by atoms with Gasteiger partial charge in [0, 0.05) is 88.0 Å². The largest absolute Gasteiger partial charge is 0.350 e. The maximum absolute atomic E-state index is 14.2. The van der Waals surface area contributed by atoms with Crippen molar-refractivity contribution in [1.29, 1.82) is 0 Å². The van der Waals surface area contributed by atoms with E-state index in [1.165, 1.54) is 18.2 Å². The molecule has 1 saturated heterocycles. The Labute approximate surface area is 343 Å². The second-order valence-electron chi connectivity index (χ2n) is 14.5. The number of carbonyl (C=O) groups excluding carboxylic acids is 4. The van der Waals surface area contributed by atoms with E-state index >= 15 is 0 Å². The molecular formula is C42H49ClN8O6S. The molecular weight excluding hydrogens is 780 g/mol. The minimum Gasteiger partial charge on any atom is -0.350 e. The minimum absolute atomic E-state index is 0.0616. The summed E-state index contributed by atoms with van der Waals surface area (Å²) in [5.74, 6) is -1.50. The van der Waals surface area contributed by atoms with Crippen LogP contribution in [0.4, 0.5) is 11.4 Å². The first-order valence-corrected chi connectivity index (χ1v) is 21.1. The van der Waals surface area contributed by atoms with Gasteiger partial charge in [-0.25, -0.2) is 8.42 Å². The standard InChI is InChI=1S/C42H49ClN8O6S/c43-33-2-1-3-36(26-33)58(56,57)49-38-25-30-10-14-35(15-11-30)47-40(53)17-19-51-22-20-50(21-23-51)18-16-39(52)46-34-12-8-29(9-13-34)24-37(48-42(38)55)41(54)45-28-32-6-4-31(27-44)5-7-32/h1-15,26,37-38,49H,16-25,27-28,44H2,(H,45,54)(H,46,52)(H,47,53)(H,48,55)/t37-,38+/m0/s1. The molecule has 14 nitrogen and oxygen atoms in total. The molecule has 0 aromatic heterocycles. The first-order chi connectivity index (χ1) is 27.9. The summed E-state index contributed by atoms with van der Waals surface area (Å²) in [5, 5.41) is 11.8. The molecule has 5 heterocycles. The van der Waals surface area contributed by atoms with Gasteiger partial charge in [-0.2, -0.15) is 4.72 Å². The topological polar surface area (TPSA) is 195 Å². The van der Waals surface area contributed by atoms with Gasteiger partial charge in [0.1, 0.15) is 12.1 Å². The molecule has 0 aliphatic carbocycles. The third kappa shape index (κ3) is 12.4. The van der Waals surface area contributed by atoms with Crippen molar-refractivity contribution in [1.82, 2.24) is 25.2 Å². The summed E-state index contributed by atoms with van der Waals surface area (Å²) < 4.78 is 29.9. The van der Waals surface area contributed by atoms with Crippen LogP contribution in [0, 0.1) is 0 Å². The quantitative estimate of drug-likeness (QED) is 0.162. The molecule has 0 saturated carbocycles. The molecule has 5 aliphatic heterocycles.